The van der Waals surface area contributed by atoms with Crippen molar-refractivity contribution in [3.05, 3.63) is 68.5 Å². The largest absolute Gasteiger partial charge is 0.372 e. The lowest BCUT2D eigenvalue weighted by Gasteiger charge is -2.33. The number of benzene rings is 1. The summed E-state index contributed by atoms with van der Waals surface area (Å²) in [5, 5.41) is 3.01. The number of carbonyl (C=O) groups is 1. The summed E-state index contributed by atoms with van der Waals surface area (Å²) in [5.74, 6) is -0.335. The molecule has 3 aromatic rings. The summed E-state index contributed by atoms with van der Waals surface area (Å²) < 4.78 is 0. The molecular formula is C22H25N5O3. The van der Waals surface area contributed by atoms with Gasteiger partial charge in [0.1, 0.15) is 5.65 Å². The third-order valence-corrected chi connectivity index (χ3v) is 5.77. The second-order valence-electron chi connectivity index (χ2n) is 7.78. The van der Waals surface area contributed by atoms with E-state index in [0.717, 1.165) is 5.56 Å². The Morgan fingerprint density at radius 1 is 1.13 bits per heavy atom. The zero-order valence-electron chi connectivity index (χ0n) is 16.9. The average Bonchev–Trinajstić information content (AvgIpc) is 2.77. The fourth-order valence-electron chi connectivity index (χ4n) is 3.98. The summed E-state index contributed by atoms with van der Waals surface area (Å²) in [6.45, 7) is 0.367. The van der Waals surface area contributed by atoms with Crippen molar-refractivity contribution in [2.45, 2.75) is 44.7 Å². The number of carbonyl (C=O) groups excluding carboxylic acids is 1. The van der Waals surface area contributed by atoms with E-state index in [9.17, 15) is 14.4 Å². The molecular weight excluding hydrogens is 382 g/mol. The standard InChI is InChI=1S/C22H25N5O3/c1-27(16-5-3-2-4-6-16)17-9-7-14(8-10-17)12-24-20(28)15-11-18-19(23-13-15)25-22(30)26-21(18)29/h7-11,13,16H,2-6,12H2,1H3,(H,24,28)(H2,23,25,26,29,30). The number of aromatic amines is 2. The van der Waals surface area contributed by atoms with Gasteiger partial charge in [-0.05, 0) is 36.6 Å². The van der Waals surface area contributed by atoms with Crippen molar-refractivity contribution in [3.63, 3.8) is 0 Å². The van der Waals surface area contributed by atoms with Crippen molar-refractivity contribution in [3.8, 4) is 0 Å². The van der Waals surface area contributed by atoms with Crippen molar-refractivity contribution in [2.24, 2.45) is 0 Å². The van der Waals surface area contributed by atoms with E-state index in [4.69, 9.17) is 0 Å². The monoisotopic (exact) mass is 407 g/mol. The highest BCUT2D eigenvalue weighted by Gasteiger charge is 2.18. The van der Waals surface area contributed by atoms with Crippen LogP contribution in [0, 0.1) is 0 Å². The second-order valence-corrected chi connectivity index (χ2v) is 7.78. The Balaban J connectivity index is 1.40. The summed E-state index contributed by atoms with van der Waals surface area (Å²) in [5.41, 5.74) is 1.37. The van der Waals surface area contributed by atoms with Crippen LogP contribution in [-0.2, 0) is 6.54 Å². The minimum absolute atomic E-state index is 0.151. The molecule has 2 aromatic heterocycles. The van der Waals surface area contributed by atoms with E-state index < -0.39 is 11.2 Å². The number of nitrogens with one attached hydrogen (secondary N) is 3. The van der Waals surface area contributed by atoms with Gasteiger partial charge >= 0.3 is 5.69 Å². The van der Waals surface area contributed by atoms with Gasteiger partial charge in [-0.15, -0.1) is 0 Å². The van der Waals surface area contributed by atoms with Crippen LogP contribution in [0.5, 0.6) is 0 Å². The maximum Gasteiger partial charge on any atom is 0.327 e. The highest BCUT2D eigenvalue weighted by molar-refractivity contribution is 5.96. The number of pyridine rings is 1. The third-order valence-electron chi connectivity index (χ3n) is 5.77. The van der Waals surface area contributed by atoms with Gasteiger partial charge in [0.25, 0.3) is 11.5 Å². The summed E-state index contributed by atoms with van der Waals surface area (Å²) in [6.07, 6.45) is 7.75. The number of hydrogen-bond acceptors (Lipinski definition) is 5. The van der Waals surface area contributed by atoms with Crippen LogP contribution in [0.1, 0.15) is 48.0 Å². The van der Waals surface area contributed by atoms with E-state index in [1.807, 2.05) is 12.1 Å². The van der Waals surface area contributed by atoms with Gasteiger partial charge in [-0.3, -0.25) is 19.6 Å². The van der Waals surface area contributed by atoms with Gasteiger partial charge in [0.2, 0.25) is 0 Å². The smallest absolute Gasteiger partial charge is 0.327 e. The first-order valence-electron chi connectivity index (χ1n) is 10.2. The molecule has 1 aliphatic rings. The maximum absolute atomic E-state index is 12.5. The SMILES string of the molecule is CN(c1ccc(CNC(=O)c2cnc3[nH]c(=O)[nH]c(=O)c3c2)cc1)C1CCCCC1. The first kappa shape index (κ1) is 19.9. The van der Waals surface area contributed by atoms with E-state index in [1.54, 1.807) is 0 Å². The molecule has 0 spiro atoms. The zero-order chi connectivity index (χ0) is 21.1. The fraction of sp³-hybridized carbons (Fsp3) is 0.364. The van der Waals surface area contributed by atoms with Crippen LogP contribution >= 0.6 is 0 Å². The van der Waals surface area contributed by atoms with Crippen LogP contribution in [0.3, 0.4) is 0 Å². The second kappa shape index (κ2) is 8.52. The van der Waals surface area contributed by atoms with Gasteiger partial charge in [-0.2, -0.15) is 0 Å². The molecule has 2 heterocycles. The van der Waals surface area contributed by atoms with Crippen LogP contribution < -0.4 is 21.5 Å². The minimum atomic E-state index is -0.630. The Labute approximate surface area is 173 Å². The molecule has 3 N–H and O–H groups in total. The molecule has 0 atom stereocenters. The molecule has 1 amide bonds. The van der Waals surface area contributed by atoms with Crippen molar-refractivity contribution in [2.75, 3.05) is 11.9 Å². The zero-order valence-corrected chi connectivity index (χ0v) is 16.9. The quantitative estimate of drug-likeness (QED) is 0.601. The van der Waals surface area contributed by atoms with E-state index in [2.05, 4.69) is 44.3 Å². The molecule has 0 radical (unpaired) electrons. The number of fused-ring (bicyclic) bond motifs is 1. The first-order valence-corrected chi connectivity index (χ1v) is 10.2. The number of nitrogens with zero attached hydrogens (tertiary/aromatic N) is 2. The predicted molar refractivity (Wildman–Crippen MR) is 116 cm³/mol. The molecule has 1 aliphatic carbocycles. The fourth-order valence-corrected chi connectivity index (χ4v) is 3.98. The number of anilines is 1. The molecule has 1 fully saturated rings. The lowest BCUT2D eigenvalue weighted by Crippen LogP contribution is -2.33. The highest BCUT2D eigenvalue weighted by atomic mass is 16.2. The topological polar surface area (TPSA) is 111 Å². The average molecular weight is 407 g/mol. The molecule has 1 saturated carbocycles. The Kier molecular flexibility index (Phi) is 5.65. The molecule has 0 bridgehead atoms. The summed E-state index contributed by atoms with van der Waals surface area (Å²) >= 11 is 0. The molecule has 1 aromatic carbocycles. The van der Waals surface area contributed by atoms with E-state index in [0.29, 0.717) is 12.6 Å². The van der Waals surface area contributed by atoms with Crippen molar-refractivity contribution >= 4 is 22.6 Å². The molecule has 0 saturated heterocycles. The summed E-state index contributed by atoms with van der Waals surface area (Å²) in [7, 11) is 2.15. The lowest BCUT2D eigenvalue weighted by atomic mass is 9.94. The lowest BCUT2D eigenvalue weighted by molar-refractivity contribution is 0.0950. The van der Waals surface area contributed by atoms with Crippen LogP contribution in [0.25, 0.3) is 11.0 Å². The van der Waals surface area contributed by atoms with Gasteiger partial charge in [0, 0.05) is 31.5 Å². The van der Waals surface area contributed by atoms with E-state index in [1.165, 1.54) is 50.1 Å². The predicted octanol–water partition coefficient (Wildman–Crippen LogP) is 2.31. The Morgan fingerprint density at radius 2 is 1.87 bits per heavy atom. The molecule has 30 heavy (non-hydrogen) atoms. The summed E-state index contributed by atoms with van der Waals surface area (Å²) in [6, 6.07) is 10.2. The maximum atomic E-state index is 12.5. The molecule has 0 unspecified atom stereocenters. The molecule has 8 heteroatoms. The first-order chi connectivity index (χ1) is 14.5. The molecule has 0 aliphatic heterocycles. The number of hydrogen-bond donors (Lipinski definition) is 3. The van der Waals surface area contributed by atoms with E-state index >= 15 is 0 Å². The Morgan fingerprint density at radius 3 is 2.60 bits per heavy atom. The number of H-pyrrole nitrogens is 2. The van der Waals surface area contributed by atoms with Crippen molar-refractivity contribution in [1.82, 2.24) is 20.3 Å². The normalized spacial score (nSPS) is 14.6. The van der Waals surface area contributed by atoms with Crippen LogP contribution in [0.2, 0.25) is 0 Å². The number of rotatable bonds is 5. The van der Waals surface area contributed by atoms with Crippen LogP contribution in [-0.4, -0.2) is 33.9 Å². The Bertz CT molecular complexity index is 1160. The van der Waals surface area contributed by atoms with Gasteiger partial charge < -0.3 is 10.2 Å². The van der Waals surface area contributed by atoms with Crippen LogP contribution in [0.15, 0.2) is 46.1 Å². The van der Waals surface area contributed by atoms with Gasteiger partial charge in [-0.1, -0.05) is 31.4 Å². The molecule has 8 nitrogen and oxygen atoms in total. The Hall–Kier alpha value is -3.42. The summed E-state index contributed by atoms with van der Waals surface area (Å²) in [4.78, 5) is 46.6. The minimum Gasteiger partial charge on any atom is -0.372 e. The number of aromatic nitrogens is 3. The van der Waals surface area contributed by atoms with Crippen LogP contribution in [0.4, 0.5) is 5.69 Å². The van der Waals surface area contributed by atoms with Crippen molar-refractivity contribution in [1.29, 1.82) is 0 Å². The third kappa shape index (κ3) is 4.27. The highest BCUT2D eigenvalue weighted by Crippen LogP contribution is 2.26. The molecule has 4 rings (SSSR count). The van der Waals surface area contributed by atoms with Gasteiger partial charge in [0.05, 0.1) is 10.9 Å². The van der Waals surface area contributed by atoms with Gasteiger partial charge in [-0.25, -0.2) is 9.78 Å². The molecule has 156 valence electrons. The number of amides is 1. The van der Waals surface area contributed by atoms with E-state index in [-0.39, 0.29) is 22.5 Å². The van der Waals surface area contributed by atoms with Gasteiger partial charge in [0.15, 0.2) is 0 Å². The van der Waals surface area contributed by atoms with Crippen molar-refractivity contribution < 1.29 is 4.79 Å².